The summed E-state index contributed by atoms with van der Waals surface area (Å²) in [7, 11) is 0. The zero-order valence-electron chi connectivity index (χ0n) is 32.5. The van der Waals surface area contributed by atoms with Gasteiger partial charge in [-0.05, 0) is 98.2 Å². The first kappa shape index (κ1) is 37.7. The molecule has 3 saturated heterocycles. The summed E-state index contributed by atoms with van der Waals surface area (Å²) in [5, 5.41) is 18.9. The molecule has 2 bridgehead atoms. The molecule has 3 aliphatic heterocycles. The Morgan fingerprint density at radius 1 is 0.964 bits per heavy atom. The van der Waals surface area contributed by atoms with Crippen molar-refractivity contribution in [3.63, 3.8) is 0 Å². The molecule has 3 aliphatic rings. The molecule has 8 rings (SSSR count). The topological polar surface area (TPSA) is 125 Å². The van der Waals surface area contributed by atoms with Crippen LogP contribution in [-0.4, -0.2) is 75.9 Å². The number of halogens is 1. The van der Waals surface area contributed by atoms with Crippen LogP contribution in [0.1, 0.15) is 81.8 Å². The van der Waals surface area contributed by atoms with Crippen molar-refractivity contribution in [3.05, 3.63) is 112 Å². The second-order valence-corrected chi connectivity index (χ2v) is 15.4. The Morgan fingerprint density at radius 2 is 1.75 bits per heavy atom. The summed E-state index contributed by atoms with van der Waals surface area (Å²) in [4.78, 5) is 34.8. The van der Waals surface area contributed by atoms with Crippen LogP contribution >= 0.6 is 0 Å². The van der Waals surface area contributed by atoms with Gasteiger partial charge in [0.1, 0.15) is 5.82 Å². The van der Waals surface area contributed by atoms with E-state index in [2.05, 4.69) is 50.3 Å². The molecule has 5 aromatic rings. The number of piperazine rings is 1. The molecular weight excluding hydrogens is 708 g/mol. The first-order valence-electron chi connectivity index (χ1n) is 20.0. The highest BCUT2D eigenvalue weighted by Crippen LogP contribution is 2.32. The minimum Gasteiger partial charge on any atom is -0.381 e. The lowest BCUT2D eigenvalue weighted by Crippen LogP contribution is -2.42. The third-order valence-electron chi connectivity index (χ3n) is 11.5. The van der Waals surface area contributed by atoms with E-state index in [1.165, 1.54) is 12.5 Å². The highest BCUT2D eigenvalue weighted by atomic mass is 19.1. The summed E-state index contributed by atoms with van der Waals surface area (Å²) in [6, 6.07) is 19.6. The maximum absolute atomic E-state index is 15.2. The fourth-order valence-corrected chi connectivity index (χ4v) is 8.52. The summed E-state index contributed by atoms with van der Waals surface area (Å²) in [5.74, 6) is -0.908. The number of carbonyl (C=O) groups is 2. The molecule has 1 unspecified atom stereocenters. The number of pyridine rings is 1. The standard InChI is InChI=1S/C44H51FN8O3/c1-4-40-37(41(50-33-11-13-56-14-12-33)38-24-49-53(5-2)42(38)51-40)23-48-44(55)32-16-27(3)15-31(19-32)43(54)47-21-28-9-10-39(45)36(18-28)30-8-6-7-29(17-30)25-52-26-34-20-35(52)22-46-34/h6-10,15-19,24,33-35,46H,4-5,11-14,20-23,25-26H2,1-3H3,(H,47,54)(H,48,55)(H,50,51)/t34-,35?/m0/s1. The largest absolute Gasteiger partial charge is 0.381 e. The highest BCUT2D eigenvalue weighted by molar-refractivity contribution is 6.00. The number of carbonyl (C=O) groups excluding carboxylic acids is 2. The Bertz CT molecular complexity index is 2250. The van der Waals surface area contributed by atoms with Gasteiger partial charge >= 0.3 is 0 Å². The number of benzene rings is 3. The van der Waals surface area contributed by atoms with Gasteiger partial charge in [-0.25, -0.2) is 14.1 Å². The SMILES string of the molecule is CCc1nc2c(cnn2CC)c(NC2CCOCC2)c1CNC(=O)c1cc(C)cc(C(=O)NCc2ccc(F)c(-c3cccc(CN4C[C@@H]5CC4CN5)c3)c2)c1. The molecule has 2 aromatic heterocycles. The average Bonchev–Trinajstić information content (AvgIpc) is 3.96. The van der Waals surface area contributed by atoms with E-state index >= 15 is 4.39 Å². The molecule has 2 atom stereocenters. The summed E-state index contributed by atoms with van der Waals surface area (Å²) >= 11 is 0. The van der Waals surface area contributed by atoms with Crippen LogP contribution in [0.25, 0.3) is 22.2 Å². The Balaban J connectivity index is 0.950. The van der Waals surface area contributed by atoms with Crippen LogP contribution in [0.2, 0.25) is 0 Å². The van der Waals surface area contributed by atoms with Crippen molar-refractivity contribution in [2.75, 3.05) is 31.6 Å². The molecule has 3 aromatic carbocycles. The van der Waals surface area contributed by atoms with Crippen molar-refractivity contribution < 1.29 is 18.7 Å². The van der Waals surface area contributed by atoms with Gasteiger partial charge in [0.25, 0.3) is 11.8 Å². The minimum atomic E-state index is -0.316. The van der Waals surface area contributed by atoms with E-state index in [9.17, 15) is 9.59 Å². The second kappa shape index (κ2) is 16.5. The number of nitrogens with one attached hydrogen (secondary N) is 4. The van der Waals surface area contributed by atoms with Crippen molar-refractivity contribution in [1.82, 2.24) is 35.6 Å². The van der Waals surface area contributed by atoms with Crippen molar-refractivity contribution >= 4 is 28.5 Å². The quantitative estimate of drug-likeness (QED) is 0.113. The van der Waals surface area contributed by atoms with Crippen LogP contribution in [0.4, 0.5) is 10.1 Å². The van der Waals surface area contributed by atoms with Crippen molar-refractivity contribution in [2.45, 2.75) is 90.8 Å². The normalized spacial score (nSPS) is 18.4. The second-order valence-electron chi connectivity index (χ2n) is 15.4. The Hall–Kier alpha value is -5.17. The third kappa shape index (κ3) is 8.05. The van der Waals surface area contributed by atoms with Gasteiger partial charge in [0.05, 0.1) is 17.3 Å². The number of amides is 2. The van der Waals surface area contributed by atoms with E-state index < -0.39 is 0 Å². The van der Waals surface area contributed by atoms with Gasteiger partial charge in [-0.1, -0.05) is 31.2 Å². The first-order chi connectivity index (χ1) is 27.3. The number of aryl methyl sites for hydroxylation is 3. The molecule has 0 saturated carbocycles. The van der Waals surface area contributed by atoms with E-state index in [1.807, 2.05) is 36.9 Å². The molecule has 292 valence electrons. The van der Waals surface area contributed by atoms with Crippen LogP contribution in [0, 0.1) is 12.7 Å². The number of ether oxygens (including phenoxy) is 1. The number of fused-ring (bicyclic) bond motifs is 3. The van der Waals surface area contributed by atoms with Crippen LogP contribution in [0.3, 0.4) is 0 Å². The first-order valence-corrected chi connectivity index (χ1v) is 20.0. The molecule has 56 heavy (non-hydrogen) atoms. The van der Waals surface area contributed by atoms with Gasteiger partial charge in [-0.3, -0.25) is 14.5 Å². The lowest BCUT2D eigenvalue weighted by atomic mass is 10.00. The molecule has 5 heterocycles. The van der Waals surface area contributed by atoms with Gasteiger partial charge in [0.15, 0.2) is 5.65 Å². The van der Waals surface area contributed by atoms with Crippen LogP contribution in [-0.2, 0) is 37.3 Å². The van der Waals surface area contributed by atoms with Crippen LogP contribution in [0.15, 0.2) is 66.9 Å². The number of anilines is 1. The van der Waals surface area contributed by atoms with E-state index in [1.54, 1.807) is 30.3 Å². The van der Waals surface area contributed by atoms with Crippen molar-refractivity contribution in [2.24, 2.45) is 0 Å². The maximum Gasteiger partial charge on any atom is 0.251 e. The maximum atomic E-state index is 15.2. The lowest BCUT2D eigenvalue weighted by molar-refractivity contribution is 0.0904. The van der Waals surface area contributed by atoms with E-state index in [4.69, 9.17) is 9.72 Å². The summed E-state index contributed by atoms with van der Waals surface area (Å²) in [6.45, 7) is 11.5. The molecule has 0 aliphatic carbocycles. The van der Waals surface area contributed by atoms with Gasteiger partial charge < -0.3 is 26.0 Å². The van der Waals surface area contributed by atoms with Crippen LogP contribution in [0.5, 0.6) is 0 Å². The Kier molecular flexibility index (Phi) is 11.1. The number of likely N-dealkylation sites (tertiary alicyclic amines) is 1. The predicted octanol–water partition coefficient (Wildman–Crippen LogP) is 6.13. The molecule has 4 N–H and O–H groups in total. The summed E-state index contributed by atoms with van der Waals surface area (Å²) in [5.41, 5.74) is 8.42. The number of nitrogens with zero attached hydrogens (tertiary/aromatic N) is 4. The average molecular weight is 759 g/mol. The number of aromatic nitrogens is 3. The lowest BCUT2D eigenvalue weighted by Gasteiger charge is -2.27. The number of rotatable bonds is 13. The molecule has 2 amide bonds. The molecular formula is C44H51FN8O3. The zero-order valence-corrected chi connectivity index (χ0v) is 32.5. The van der Waals surface area contributed by atoms with Gasteiger partial charge in [0, 0.05) is 98.6 Å². The number of hydrogen-bond donors (Lipinski definition) is 4. The summed E-state index contributed by atoms with van der Waals surface area (Å²) < 4.78 is 22.7. The van der Waals surface area contributed by atoms with Gasteiger partial charge in [-0.2, -0.15) is 5.10 Å². The predicted molar refractivity (Wildman–Crippen MR) is 216 cm³/mol. The Labute approximate surface area is 327 Å². The van der Waals surface area contributed by atoms with Crippen LogP contribution < -0.4 is 21.3 Å². The number of hydrogen-bond acceptors (Lipinski definition) is 8. The fraction of sp³-hybridized carbons (Fsp3) is 0.409. The zero-order chi connectivity index (χ0) is 38.8. The molecule has 11 nitrogen and oxygen atoms in total. The molecule has 0 spiro atoms. The van der Waals surface area contributed by atoms with Crippen molar-refractivity contribution in [3.8, 4) is 11.1 Å². The monoisotopic (exact) mass is 758 g/mol. The molecule has 0 radical (unpaired) electrons. The molecule has 3 fully saturated rings. The van der Waals surface area contributed by atoms with Crippen molar-refractivity contribution in [1.29, 1.82) is 0 Å². The molecule has 12 heteroatoms. The van der Waals surface area contributed by atoms with E-state index in [0.29, 0.717) is 55.0 Å². The van der Waals surface area contributed by atoms with Gasteiger partial charge in [-0.15, -0.1) is 0 Å². The smallest absolute Gasteiger partial charge is 0.251 e. The van der Waals surface area contributed by atoms with Gasteiger partial charge in [0.2, 0.25) is 0 Å². The van der Waals surface area contributed by atoms with E-state index in [0.717, 1.165) is 82.7 Å². The fourth-order valence-electron chi connectivity index (χ4n) is 8.52. The highest BCUT2D eigenvalue weighted by Gasteiger charge is 2.37. The van der Waals surface area contributed by atoms with E-state index in [-0.39, 0.29) is 36.8 Å². The third-order valence-corrected chi connectivity index (χ3v) is 11.5. The minimum absolute atomic E-state index is 0.206. The summed E-state index contributed by atoms with van der Waals surface area (Å²) in [6.07, 6.45) is 5.51. The Morgan fingerprint density at radius 3 is 2.46 bits per heavy atom.